The smallest absolute Gasteiger partial charge is 0.289 e. The van der Waals surface area contributed by atoms with E-state index in [2.05, 4.69) is 0 Å². The highest BCUT2D eigenvalue weighted by Gasteiger charge is 2.38. The standard InChI is InChI=1S/C17H18FN3O3/c1-20(17(23)15-7-6-11(10-19)24-15)14-8-9-21(16(14)22)13-5-3-2-4-12(13)18/h2-7,14H,8-10,19H2,1H3/t14-/m1/s1. The maximum atomic E-state index is 13.9. The second-order valence-electron chi connectivity index (χ2n) is 5.63. The SMILES string of the molecule is CN(C(=O)c1ccc(CN)o1)[C@@H]1CCN(c2ccccc2F)C1=O. The van der Waals surface area contributed by atoms with Crippen molar-refractivity contribution >= 4 is 17.5 Å². The van der Waals surface area contributed by atoms with Crippen molar-refractivity contribution < 1.29 is 18.4 Å². The number of furan rings is 1. The number of nitrogens with two attached hydrogens (primary N) is 1. The molecule has 1 aliphatic rings. The Kier molecular flexibility index (Phi) is 4.35. The summed E-state index contributed by atoms with van der Waals surface area (Å²) in [4.78, 5) is 27.8. The van der Waals surface area contributed by atoms with Crippen LogP contribution >= 0.6 is 0 Å². The summed E-state index contributed by atoms with van der Waals surface area (Å²) in [6, 6.07) is 8.62. The number of anilines is 1. The van der Waals surface area contributed by atoms with Gasteiger partial charge in [-0.2, -0.15) is 0 Å². The van der Waals surface area contributed by atoms with Gasteiger partial charge < -0.3 is 20.0 Å². The molecule has 1 saturated heterocycles. The van der Waals surface area contributed by atoms with Crippen LogP contribution in [-0.4, -0.2) is 36.3 Å². The molecule has 0 radical (unpaired) electrons. The monoisotopic (exact) mass is 331 g/mol. The third-order valence-corrected chi connectivity index (χ3v) is 4.18. The Bertz CT molecular complexity index is 774. The van der Waals surface area contributed by atoms with Crippen LogP contribution in [0, 0.1) is 5.82 Å². The Morgan fingerprint density at radius 1 is 1.38 bits per heavy atom. The molecule has 1 aromatic carbocycles. The first kappa shape index (κ1) is 16.2. The number of nitrogens with zero attached hydrogens (tertiary/aromatic N) is 2. The molecule has 24 heavy (non-hydrogen) atoms. The van der Waals surface area contributed by atoms with Crippen LogP contribution in [0.25, 0.3) is 0 Å². The molecular weight excluding hydrogens is 313 g/mol. The summed E-state index contributed by atoms with van der Waals surface area (Å²) in [6.45, 7) is 0.550. The third-order valence-electron chi connectivity index (χ3n) is 4.18. The Morgan fingerprint density at radius 2 is 2.12 bits per heavy atom. The van der Waals surface area contributed by atoms with E-state index >= 15 is 0 Å². The second-order valence-corrected chi connectivity index (χ2v) is 5.63. The number of para-hydroxylation sites is 1. The molecule has 0 saturated carbocycles. The minimum absolute atomic E-state index is 0.134. The fraction of sp³-hybridized carbons (Fsp3) is 0.294. The topological polar surface area (TPSA) is 79.8 Å². The van der Waals surface area contributed by atoms with Crippen molar-refractivity contribution in [3.05, 3.63) is 53.7 Å². The molecule has 0 unspecified atom stereocenters. The van der Waals surface area contributed by atoms with Gasteiger partial charge in [0.1, 0.15) is 17.6 Å². The summed E-state index contributed by atoms with van der Waals surface area (Å²) in [5.41, 5.74) is 5.70. The van der Waals surface area contributed by atoms with Crippen LogP contribution < -0.4 is 10.6 Å². The zero-order valence-corrected chi connectivity index (χ0v) is 13.2. The van der Waals surface area contributed by atoms with Gasteiger partial charge in [0.05, 0.1) is 12.2 Å². The number of amides is 2. The minimum Gasteiger partial charge on any atom is -0.455 e. The zero-order valence-electron chi connectivity index (χ0n) is 13.2. The van der Waals surface area contributed by atoms with Crippen LogP contribution in [0.2, 0.25) is 0 Å². The quantitative estimate of drug-likeness (QED) is 0.926. The predicted octanol–water partition coefficient (Wildman–Crippen LogP) is 1.75. The van der Waals surface area contributed by atoms with E-state index in [0.717, 1.165) is 0 Å². The summed E-state index contributed by atoms with van der Waals surface area (Å²) in [5, 5.41) is 0. The molecule has 6 nitrogen and oxygen atoms in total. The summed E-state index contributed by atoms with van der Waals surface area (Å²) in [7, 11) is 1.54. The highest BCUT2D eigenvalue weighted by Crippen LogP contribution is 2.27. The van der Waals surface area contributed by atoms with Gasteiger partial charge in [-0.25, -0.2) is 4.39 Å². The van der Waals surface area contributed by atoms with Gasteiger partial charge in [-0.3, -0.25) is 9.59 Å². The third kappa shape index (κ3) is 2.78. The number of halogens is 1. The minimum atomic E-state index is -0.650. The van der Waals surface area contributed by atoms with E-state index in [1.54, 1.807) is 31.3 Å². The van der Waals surface area contributed by atoms with Crippen molar-refractivity contribution in [2.24, 2.45) is 5.73 Å². The van der Waals surface area contributed by atoms with Crippen molar-refractivity contribution in [1.82, 2.24) is 4.90 Å². The van der Waals surface area contributed by atoms with Gasteiger partial charge in [-0.15, -0.1) is 0 Å². The van der Waals surface area contributed by atoms with Crippen LogP contribution in [-0.2, 0) is 11.3 Å². The van der Waals surface area contributed by atoms with Crippen molar-refractivity contribution in [2.75, 3.05) is 18.5 Å². The van der Waals surface area contributed by atoms with Crippen molar-refractivity contribution in [1.29, 1.82) is 0 Å². The molecule has 3 rings (SSSR count). The number of rotatable bonds is 4. The van der Waals surface area contributed by atoms with Crippen LogP contribution in [0.1, 0.15) is 22.7 Å². The fourth-order valence-electron chi connectivity index (χ4n) is 2.85. The second kappa shape index (κ2) is 6.45. The number of benzene rings is 1. The van der Waals surface area contributed by atoms with Gasteiger partial charge in [0.25, 0.3) is 5.91 Å². The summed E-state index contributed by atoms with van der Waals surface area (Å²) in [5.74, 6) is -0.531. The maximum absolute atomic E-state index is 13.9. The lowest BCUT2D eigenvalue weighted by Crippen LogP contribution is -2.43. The molecule has 1 aliphatic heterocycles. The van der Waals surface area contributed by atoms with Gasteiger partial charge >= 0.3 is 0 Å². The van der Waals surface area contributed by atoms with Gasteiger partial charge in [0.15, 0.2) is 5.76 Å². The van der Waals surface area contributed by atoms with Gasteiger partial charge in [-0.1, -0.05) is 12.1 Å². The van der Waals surface area contributed by atoms with Crippen LogP contribution in [0.4, 0.5) is 10.1 Å². The van der Waals surface area contributed by atoms with E-state index in [4.69, 9.17) is 10.2 Å². The van der Waals surface area contributed by atoms with E-state index in [1.165, 1.54) is 21.9 Å². The lowest BCUT2D eigenvalue weighted by Gasteiger charge is -2.23. The van der Waals surface area contributed by atoms with Crippen LogP contribution in [0.15, 0.2) is 40.8 Å². The Balaban J connectivity index is 1.77. The van der Waals surface area contributed by atoms with E-state index in [9.17, 15) is 14.0 Å². The Morgan fingerprint density at radius 3 is 2.79 bits per heavy atom. The first-order valence-corrected chi connectivity index (χ1v) is 7.64. The van der Waals surface area contributed by atoms with Crippen LogP contribution in [0.3, 0.4) is 0 Å². The van der Waals surface area contributed by atoms with Crippen LogP contribution in [0.5, 0.6) is 0 Å². The molecule has 0 aliphatic carbocycles. The molecular formula is C17H18FN3O3. The number of carbonyl (C=O) groups is 2. The molecule has 2 N–H and O–H groups in total. The molecule has 1 aromatic heterocycles. The summed E-state index contributed by atoms with van der Waals surface area (Å²) >= 11 is 0. The fourth-order valence-corrected chi connectivity index (χ4v) is 2.85. The largest absolute Gasteiger partial charge is 0.455 e. The maximum Gasteiger partial charge on any atom is 0.289 e. The van der Waals surface area contributed by atoms with Gasteiger partial charge in [-0.05, 0) is 30.7 Å². The summed E-state index contributed by atoms with van der Waals surface area (Å²) < 4.78 is 19.2. The number of carbonyl (C=O) groups excluding carboxylic acids is 2. The Hall–Kier alpha value is -2.67. The van der Waals surface area contributed by atoms with E-state index in [-0.39, 0.29) is 23.9 Å². The average molecular weight is 331 g/mol. The lowest BCUT2D eigenvalue weighted by molar-refractivity contribution is -0.120. The normalized spacial score (nSPS) is 17.4. The zero-order chi connectivity index (χ0) is 17.3. The number of likely N-dealkylation sites (N-methyl/N-ethyl adjacent to an activating group) is 1. The van der Waals surface area contributed by atoms with Crippen molar-refractivity contribution in [2.45, 2.75) is 19.0 Å². The first-order chi connectivity index (χ1) is 11.5. The molecule has 1 fully saturated rings. The molecule has 1 atom stereocenters. The molecule has 0 bridgehead atoms. The molecule has 7 heteroatoms. The van der Waals surface area contributed by atoms with Gasteiger partial charge in [0, 0.05) is 13.6 Å². The molecule has 2 amide bonds. The van der Waals surface area contributed by atoms with Gasteiger partial charge in [0.2, 0.25) is 5.91 Å². The molecule has 2 aromatic rings. The molecule has 2 heterocycles. The highest BCUT2D eigenvalue weighted by atomic mass is 19.1. The average Bonchev–Trinajstić information content (AvgIpc) is 3.21. The Labute approximate surface area is 138 Å². The molecule has 0 spiro atoms. The number of hydrogen-bond donors (Lipinski definition) is 1. The summed E-state index contributed by atoms with van der Waals surface area (Å²) in [6.07, 6.45) is 0.430. The van der Waals surface area contributed by atoms with E-state index < -0.39 is 17.8 Å². The number of hydrogen-bond acceptors (Lipinski definition) is 4. The van der Waals surface area contributed by atoms with Crippen molar-refractivity contribution in [3.8, 4) is 0 Å². The highest BCUT2D eigenvalue weighted by molar-refractivity contribution is 6.03. The molecule has 126 valence electrons. The van der Waals surface area contributed by atoms with E-state index in [1.807, 2.05) is 0 Å². The first-order valence-electron chi connectivity index (χ1n) is 7.64. The van der Waals surface area contributed by atoms with Crippen molar-refractivity contribution in [3.63, 3.8) is 0 Å². The predicted molar refractivity (Wildman–Crippen MR) is 85.9 cm³/mol. The van der Waals surface area contributed by atoms with E-state index in [0.29, 0.717) is 18.7 Å². The lowest BCUT2D eigenvalue weighted by atomic mass is 10.2.